The average molecular weight is 195 g/mol. The number of nitrogens with zero attached hydrogens (tertiary/aromatic N) is 3. The Bertz CT molecular complexity index is 302. The van der Waals surface area contributed by atoms with E-state index >= 15 is 0 Å². The van der Waals surface area contributed by atoms with Gasteiger partial charge in [-0.1, -0.05) is 0 Å². The lowest BCUT2D eigenvalue weighted by Crippen LogP contribution is -2.37. The first-order chi connectivity index (χ1) is 6.77. The van der Waals surface area contributed by atoms with Gasteiger partial charge in [-0.3, -0.25) is 0 Å². The lowest BCUT2D eigenvalue weighted by molar-refractivity contribution is 0.125. The van der Waals surface area contributed by atoms with Crippen LogP contribution in [0.4, 0.5) is 4.79 Å². The van der Waals surface area contributed by atoms with E-state index in [1.807, 2.05) is 6.20 Å². The maximum Gasteiger partial charge on any atom is 0.407 e. The number of likely N-dealkylation sites (tertiary alicyclic amines) is 1. The highest BCUT2D eigenvalue weighted by atomic mass is 16.4. The summed E-state index contributed by atoms with van der Waals surface area (Å²) in [6.45, 7) is 1.25. The maximum atomic E-state index is 10.7. The Labute approximate surface area is 82.0 Å². The first-order valence-corrected chi connectivity index (χ1v) is 4.72. The van der Waals surface area contributed by atoms with E-state index in [9.17, 15) is 4.79 Å². The summed E-state index contributed by atoms with van der Waals surface area (Å²) in [7, 11) is 0. The highest BCUT2D eigenvalue weighted by molar-refractivity contribution is 5.64. The van der Waals surface area contributed by atoms with E-state index in [4.69, 9.17) is 5.11 Å². The molecule has 1 amide bonds. The van der Waals surface area contributed by atoms with Crippen LogP contribution in [0.25, 0.3) is 0 Å². The zero-order chi connectivity index (χ0) is 9.97. The number of hydrogen-bond donors (Lipinski definition) is 1. The molecule has 5 heteroatoms. The summed E-state index contributed by atoms with van der Waals surface area (Å²) in [6, 6.07) is 0.410. The topological polar surface area (TPSA) is 58.4 Å². The molecule has 1 saturated heterocycles. The van der Waals surface area contributed by atoms with Crippen molar-refractivity contribution in [1.29, 1.82) is 0 Å². The van der Waals surface area contributed by atoms with Crippen LogP contribution in [0, 0.1) is 0 Å². The third kappa shape index (κ3) is 1.71. The van der Waals surface area contributed by atoms with Gasteiger partial charge in [-0.2, -0.15) is 0 Å². The number of carboxylic acid groups (broad SMARTS) is 1. The fraction of sp³-hybridized carbons (Fsp3) is 0.556. The lowest BCUT2D eigenvalue weighted by atomic mass is 10.1. The molecule has 5 nitrogen and oxygen atoms in total. The number of aromatic nitrogens is 2. The van der Waals surface area contributed by atoms with Crippen molar-refractivity contribution in [3.8, 4) is 0 Å². The summed E-state index contributed by atoms with van der Waals surface area (Å²) in [6.07, 6.45) is 6.42. The molecule has 0 aromatic carbocycles. The summed E-state index contributed by atoms with van der Waals surface area (Å²) in [5.74, 6) is 0. The number of piperidine rings is 1. The fourth-order valence-electron chi connectivity index (χ4n) is 1.84. The summed E-state index contributed by atoms with van der Waals surface area (Å²) in [4.78, 5) is 16.1. The van der Waals surface area contributed by atoms with Crippen molar-refractivity contribution >= 4 is 6.09 Å². The molecule has 1 aromatic heterocycles. The molecule has 1 N–H and O–H groups in total. The van der Waals surface area contributed by atoms with Gasteiger partial charge in [0.1, 0.15) is 0 Å². The molecule has 1 aromatic rings. The van der Waals surface area contributed by atoms with Crippen LogP contribution < -0.4 is 0 Å². The monoisotopic (exact) mass is 195 g/mol. The third-order valence-corrected chi connectivity index (χ3v) is 2.68. The molecule has 0 spiro atoms. The van der Waals surface area contributed by atoms with Crippen LogP contribution in [0.15, 0.2) is 18.7 Å². The van der Waals surface area contributed by atoms with Crippen molar-refractivity contribution in [3.05, 3.63) is 18.7 Å². The van der Waals surface area contributed by atoms with E-state index in [1.165, 1.54) is 4.90 Å². The summed E-state index contributed by atoms with van der Waals surface area (Å²) in [5, 5.41) is 8.76. The molecule has 1 aliphatic rings. The van der Waals surface area contributed by atoms with Gasteiger partial charge in [0.05, 0.1) is 6.33 Å². The number of imidazole rings is 1. The van der Waals surface area contributed by atoms with Crippen LogP contribution in [-0.2, 0) is 0 Å². The molecule has 0 radical (unpaired) electrons. The Balaban J connectivity index is 1.93. The van der Waals surface area contributed by atoms with Gasteiger partial charge in [-0.15, -0.1) is 0 Å². The molecule has 1 aliphatic heterocycles. The van der Waals surface area contributed by atoms with E-state index in [1.54, 1.807) is 12.5 Å². The molecule has 0 bridgehead atoms. The second-order valence-corrected chi connectivity index (χ2v) is 3.51. The lowest BCUT2D eigenvalue weighted by Gasteiger charge is -2.30. The first-order valence-electron chi connectivity index (χ1n) is 4.72. The Hall–Kier alpha value is -1.52. The molecule has 14 heavy (non-hydrogen) atoms. The second-order valence-electron chi connectivity index (χ2n) is 3.51. The average Bonchev–Trinajstić information content (AvgIpc) is 2.71. The van der Waals surface area contributed by atoms with Gasteiger partial charge < -0.3 is 14.6 Å². The van der Waals surface area contributed by atoms with E-state index in [-0.39, 0.29) is 0 Å². The van der Waals surface area contributed by atoms with Crippen molar-refractivity contribution in [2.45, 2.75) is 18.9 Å². The van der Waals surface area contributed by atoms with Gasteiger partial charge in [0.15, 0.2) is 0 Å². The highest BCUT2D eigenvalue weighted by Gasteiger charge is 2.22. The van der Waals surface area contributed by atoms with Crippen molar-refractivity contribution in [1.82, 2.24) is 14.5 Å². The third-order valence-electron chi connectivity index (χ3n) is 2.68. The minimum absolute atomic E-state index is 0.410. The molecular formula is C9H13N3O2. The number of carbonyl (C=O) groups is 1. The van der Waals surface area contributed by atoms with Gasteiger partial charge in [0, 0.05) is 31.5 Å². The van der Waals surface area contributed by atoms with E-state index in [2.05, 4.69) is 9.55 Å². The molecule has 2 heterocycles. The first kappa shape index (κ1) is 9.05. The largest absolute Gasteiger partial charge is 0.465 e. The van der Waals surface area contributed by atoms with Crippen LogP contribution in [0.3, 0.4) is 0 Å². The quantitative estimate of drug-likeness (QED) is 0.732. The van der Waals surface area contributed by atoms with E-state index in [0.29, 0.717) is 19.1 Å². The second kappa shape index (κ2) is 3.69. The zero-order valence-electron chi connectivity index (χ0n) is 7.83. The Morgan fingerprint density at radius 1 is 1.43 bits per heavy atom. The number of hydrogen-bond acceptors (Lipinski definition) is 2. The van der Waals surface area contributed by atoms with Crippen LogP contribution in [0.1, 0.15) is 18.9 Å². The van der Waals surface area contributed by atoms with Crippen LogP contribution in [0.5, 0.6) is 0 Å². The van der Waals surface area contributed by atoms with Gasteiger partial charge in [-0.25, -0.2) is 9.78 Å². The summed E-state index contributed by atoms with van der Waals surface area (Å²) in [5.41, 5.74) is 0. The predicted molar refractivity (Wildman–Crippen MR) is 50.1 cm³/mol. The van der Waals surface area contributed by atoms with Crippen LogP contribution in [0.2, 0.25) is 0 Å². The van der Waals surface area contributed by atoms with Crippen molar-refractivity contribution in [2.75, 3.05) is 13.1 Å². The van der Waals surface area contributed by atoms with Crippen molar-refractivity contribution < 1.29 is 9.90 Å². The molecule has 2 rings (SSSR count). The molecule has 76 valence electrons. The molecule has 0 aliphatic carbocycles. The molecule has 0 unspecified atom stereocenters. The highest BCUT2D eigenvalue weighted by Crippen LogP contribution is 2.21. The van der Waals surface area contributed by atoms with Gasteiger partial charge in [0.2, 0.25) is 0 Å². The van der Waals surface area contributed by atoms with Crippen LogP contribution >= 0.6 is 0 Å². The Kier molecular flexibility index (Phi) is 2.39. The van der Waals surface area contributed by atoms with Crippen molar-refractivity contribution in [3.63, 3.8) is 0 Å². The van der Waals surface area contributed by atoms with Gasteiger partial charge in [-0.05, 0) is 12.8 Å². The molecule has 0 atom stereocenters. The molecule has 0 saturated carbocycles. The zero-order valence-corrected chi connectivity index (χ0v) is 7.83. The van der Waals surface area contributed by atoms with Gasteiger partial charge >= 0.3 is 6.09 Å². The Morgan fingerprint density at radius 3 is 2.64 bits per heavy atom. The SMILES string of the molecule is O=C(O)N1CCC(n2ccnc2)CC1. The normalized spacial score (nSPS) is 18.4. The predicted octanol–water partition coefficient (Wildman–Crippen LogP) is 1.20. The summed E-state index contributed by atoms with van der Waals surface area (Å²) < 4.78 is 2.05. The minimum atomic E-state index is -0.811. The van der Waals surface area contributed by atoms with Crippen molar-refractivity contribution in [2.24, 2.45) is 0 Å². The number of amides is 1. The molecule has 1 fully saturated rings. The summed E-state index contributed by atoms with van der Waals surface area (Å²) >= 11 is 0. The van der Waals surface area contributed by atoms with Gasteiger partial charge in [0.25, 0.3) is 0 Å². The van der Waals surface area contributed by atoms with Crippen LogP contribution in [-0.4, -0.2) is 38.7 Å². The smallest absolute Gasteiger partial charge is 0.407 e. The standard InChI is InChI=1S/C9H13N3O2/c13-9(14)11-4-1-8(2-5-11)12-6-3-10-7-12/h3,6-8H,1-2,4-5H2,(H,13,14). The Morgan fingerprint density at radius 2 is 2.14 bits per heavy atom. The maximum absolute atomic E-state index is 10.7. The number of rotatable bonds is 1. The minimum Gasteiger partial charge on any atom is -0.465 e. The van der Waals surface area contributed by atoms with E-state index in [0.717, 1.165) is 12.8 Å². The fourth-order valence-corrected chi connectivity index (χ4v) is 1.84. The molecular weight excluding hydrogens is 182 g/mol. The van der Waals surface area contributed by atoms with E-state index < -0.39 is 6.09 Å².